The molecule has 2 fully saturated rings. The Labute approximate surface area is 145 Å². The van der Waals surface area contributed by atoms with Crippen molar-refractivity contribution in [2.24, 2.45) is 0 Å². The van der Waals surface area contributed by atoms with Crippen LogP contribution in [0.5, 0.6) is 5.75 Å². The number of rotatable bonds is 3. The summed E-state index contributed by atoms with van der Waals surface area (Å²) in [6, 6.07) is 8.36. The lowest BCUT2D eigenvalue weighted by atomic mass is 9.89. The van der Waals surface area contributed by atoms with Gasteiger partial charge >= 0.3 is 0 Å². The summed E-state index contributed by atoms with van der Waals surface area (Å²) in [5.41, 5.74) is 1.30. The number of piperidine rings is 2. The SMILES string of the molecule is CC1CCCC(C)N1C(=O)CN1CCC(c2ccc(O)cc2)CC1. The summed E-state index contributed by atoms with van der Waals surface area (Å²) in [5.74, 6) is 1.18. The van der Waals surface area contributed by atoms with Gasteiger partial charge in [0.1, 0.15) is 5.75 Å². The molecule has 2 atom stereocenters. The molecule has 0 radical (unpaired) electrons. The number of benzene rings is 1. The average Bonchev–Trinajstić information content (AvgIpc) is 2.56. The van der Waals surface area contributed by atoms with Gasteiger partial charge in [-0.2, -0.15) is 0 Å². The van der Waals surface area contributed by atoms with Crippen LogP contribution >= 0.6 is 0 Å². The molecule has 0 aromatic heterocycles. The minimum Gasteiger partial charge on any atom is -0.508 e. The molecule has 1 aromatic carbocycles. The maximum Gasteiger partial charge on any atom is 0.237 e. The van der Waals surface area contributed by atoms with Crippen LogP contribution in [0, 0.1) is 0 Å². The van der Waals surface area contributed by atoms with Crippen LogP contribution in [-0.2, 0) is 4.79 Å². The molecule has 4 heteroatoms. The van der Waals surface area contributed by atoms with E-state index in [0.29, 0.717) is 36.2 Å². The normalized spacial score (nSPS) is 26.5. The highest BCUT2D eigenvalue weighted by Gasteiger charge is 2.30. The minimum absolute atomic E-state index is 0.304. The lowest BCUT2D eigenvalue weighted by molar-refractivity contribution is -0.138. The van der Waals surface area contributed by atoms with Gasteiger partial charge in [-0.3, -0.25) is 9.69 Å². The number of phenolic OH excluding ortho intramolecular Hbond substituents is 1. The highest BCUT2D eigenvalue weighted by atomic mass is 16.3. The molecule has 2 saturated heterocycles. The van der Waals surface area contributed by atoms with E-state index in [-0.39, 0.29) is 0 Å². The number of likely N-dealkylation sites (tertiary alicyclic amines) is 2. The summed E-state index contributed by atoms with van der Waals surface area (Å²) >= 11 is 0. The molecule has 2 unspecified atom stereocenters. The topological polar surface area (TPSA) is 43.8 Å². The zero-order valence-electron chi connectivity index (χ0n) is 14.9. The third kappa shape index (κ3) is 3.92. The molecule has 0 bridgehead atoms. The first-order valence-electron chi connectivity index (χ1n) is 9.37. The molecule has 4 nitrogen and oxygen atoms in total. The Bertz CT molecular complexity index is 539. The standard InChI is InChI=1S/C20H30N2O2/c1-15-4-3-5-16(2)22(15)20(24)14-21-12-10-18(11-13-21)17-6-8-19(23)9-7-17/h6-9,15-16,18,23H,3-5,10-14H2,1-2H3. The summed E-state index contributed by atoms with van der Waals surface area (Å²) < 4.78 is 0. The molecule has 1 amide bonds. The van der Waals surface area contributed by atoms with Crippen LogP contribution in [0.3, 0.4) is 0 Å². The summed E-state index contributed by atoms with van der Waals surface area (Å²) in [4.78, 5) is 17.2. The quantitative estimate of drug-likeness (QED) is 0.924. The Morgan fingerprint density at radius 3 is 2.21 bits per heavy atom. The van der Waals surface area contributed by atoms with Crippen LogP contribution < -0.4 is 0 Å². The van der Waals surface area contributed by atoms with Crippen molar-refractivity contribution in [3.05, 3.63) is 29.8 Å². The molecule has 24 heavy (non-hydrogen) atoms. The predicted octanol–water partition coefficient (Wildman–Crippen LogP) is 3.36. The molecule has 1 aromatic rings. The summed E-state index contributed by atoms with van der Waals surface area (Å²) in [6.45, 7) is 6.90. The molecular weight excluding hydrogens is 300 g/mol. The van der Waals surface area contributed by atoms with Crippen LogP contribution in [0.2, 0.25) is 0 Å². The van der Waals surface area contributed by atoms with Crippen molar-refractivity contribution in [3.63, 3.8) is 0 Å². The number of carbonyl (C=O) groups excluding carboxylic acids is 1. The molecule has 0 saturated carbocycles. The highest BCUT2D eigenvalue weighted by Crippen LogP contribution is 2.29. The van der Waals surface area contributed by atoms with Crippen LogP contribution in [0.15, 0.2) is 24.3 Å². The minimum atomic E-state index is 0.304. The lowest BCUT2D eigenvalue weighted by Crippen LogP contribution is -2.51. The molecule has 2 aliphatic rings. The van der Waals surface area contributed by atoms with Crippen LogP contribution in [0.25, 0.3) is 0 Å². The first-order chi connectivity index (χ1) is 11.5. The summed E-state index contributed by atoms with van der Waals surface area (Å²) in [7, 11) is 0. The first kappa shape index (κ1) is 17.3. The van der Waals surface area contributed by atoms with E-state index in [2.05, 4.69) is 23.6 Å². The van der Waals surface area contributed by atoms with Gasteiger partial charge in [-0.1, -0.05) is 12.1 Å². The van der Waals surface area contributed by atoms with Crippen molar-refractivity contribution < 1.29 is 9.90 Å². The maximum atomic E-state index is 12.7. The number of phenols is 1. The number of hydrogen-bond donors (Lipinski definition) is 1. The monoisotopic (exact) mass is 330 g/mol. The zero-order chi connectivity index (χ0) is 17.1. The fraction of sp³-hybridized carbons (Fsp3) is 0.650. The maximum absolute atomic E-state index is 12.7. The van der Waals surface area contributed by atoms with E-state index < -0.39 is 0 Å². The molecule has 0 aliphatic carbocycles. The van der Waals surface area contributed by atoms with E-state index in [1.165, 1.54) is 12.0 Å². The number of aromatic hydroxyl groups is 1. The molecule has 132 valence electrons. The van der Waals surface area contributed by atoms with Gasteiger partial charge in [0.05, 0.1) is 6.54 Å². The fourth-order valence-electron chi connectivity index (χ4n) is 4.36. The second kappa shape index (κ2) is 7.56. The van der Waals surface area contributed by atoms with Crippen molar-refractivity contribution in [3.8, 4) is 5.75 Å². The Hall–Kier alpha value is -1.55. The molecule has 0 spiro atoms. The van der Waals surface area contributed by atoms with E-state index in [0.717, 1.165) is 38.8 Å². The Morgan fingerprint density at radius 1 is 1.04 bits per heavy atom. The Kier molecular flexibility index (Phi) is 5.44. The summed E-state index contributed by atoms with van der Waals surface area (Å²) in [5, 5.41) is 9.41. The smallest absolute Gasteiger partial charge is 0.237 e. The zero-order valence-corrected chi connectivity index (χ0v) is 14.9. The van der Waals surface area contributed by atoms with E-state index in [9.17, 15) is 9.90 Å². The number of amides is 1. The van der Waals surface area contributed by atoms with Gasteiger partial charge in [0.2, 0.25) is 5.91 Å². The van der Waals surface area contributed by atoms with Gasteiger partial charge in [0.25, 0.3) is 0 Å². The Morgan fingerprint density at radius 2 is 1.62 bits per heavy atom. The van der Waals surface area contributed by atoms with Crippen molar-refractivity contribution in [1.29, 1.82) is 0 Å². The second-order valence-electron chi connectivity index (χ2n) is 7.57. The molecule has 2 heterocycles. The van der Waals surface area contributed by atoms with E-state index in [4.69, 9.17) is 0 Å². The first-order valence-corrected chi connectivity index (χ1v) is 9.37. The van der Waals surface area contributed by atoms with Crippen molar-refractivity contribution in [2.75, 3.05) is 19.6 Å². The van der Waals surface area contributed by atoms with Crippen molar-refractivity contribution in [2.45, 2.75) is 64.0 Å². The molecule has 3 rings (SSSR count). The number of carbonyl (C=O) groups is 1. The van der Waals surface area contributed by atoms with Gasteiger partial charge in [-0.05, 0) is 82.7 Å². The Balaban J connectivity index is 1.51. The lowest BCUT2D eigenvalue weighted by Gasteiger charge is -2.41. The number of nitrogens with zero attached hydrogens (tertiary/aromatic N) is 2. The van der Waals surface area contributed by atoms with Gasteiger partial charge in [0, 0.05) is 12.1 Å². The van der Waals surface area contributed by atoms with Crippen LogP contribution in [-0.4, -0.2) is 52.5 Å². The third-order valence-corrected chi connectivity index (χ3v) is 5.79. The molecule has 2 aliphatic heterocycles. The van der Waals surface area contributed by atoms with E-state index in [1.54, 1.807) is 12.1 Å². The van der Waals surface area contributed by atoms with Crippen molar-refractivity contribution >= 4 is 5.91 Å². The fourth-order valence-corrected chi connectivity index (χ4v) is 4.36. The largest absolute Gasteiger partial charge is 0.508 e. The predicted molar refractivity (Wildman–Crippen MR) is 96.1 cm³/mol. The number of hydrogen-bond acceptors (Lipinski definition) is 3. The van der Waals surface area contributed by atoms with Crippen LogP contribution in [0.1, 0.15) is 57.4 Å². The highest BCUT2D eigenvalue weighted by molar-refractivity contribution is 5.79. The average molecular weight is 330 g/mol. The van der Waals surface area contributed by atoms with Gasteiger partial charge in [-0.15, -0.1) is 0 Å². The van der Waals surface area contributed by atoms with Crippen molar-refractivity contribution in [1.82, 2.24) is 9.80 Å². The summed E-state index contributed by atoms with van der Waals surface area (Å²) in [6.07, 6.45) is 5.69. The van der Waals surface area contributed by atoms with Gasteiger partial charge < -0.3 is 10.0 Å². The van der Waals surface area contributed by atoms with E-state index in [1.807, 2.05) is 12.1 Å². The molecular formula is C20H30N2O2. The van der Waals surface area contributed by atoms with Gasteiger partial charge in [0.15, 0.2) is 0 Å². The molecule has 1 N–H and O–H groups in total. The van der Waals surface area contributed by atoms with Crippen LogP contribution in [0.4, 0.5) is 0 Å². The van der Waals surface area contributed by atoms with E-state index >= 15 is 0 Å². The third-order valence-electron chi connectivity index (χ3n) is 5.79. The second-order valence-corrected chi connectivity index (χ2v) is 7.57. The van der Waals surface area contributed by atoms with Gasteiger partial charge in [-0.25, -0.2) is 0 Å².